The van der Waals surface area contributed by atoms with E-state index in [0.717, 1.165) is 0 Å². The number of hydrogen-bond acceptors (Lipinski definition) is 6. The van der Waals surface area contributed by atoms with Crippen LogP contribution < -0.4 is 4.90 Å². The SMILES string of the molecule is C#Cc1nn([C@H]2CCN(C(=O)OC(C)(C)C)C2)c(N(C)C(=O)OC(C)(C)C)c1C#N. The Kier molecular flexibility index (Phi) is 6.36. The van der Waals surface area contributed by atoms with E-state index in [2.05, 4.69) is 11.0 Å². The lowest BCUT2D eigenvalue weighted by molar-refractivity contribution is 0.0287. The molecule has 0 bridgehead atoms. The van der Waals surface area contributed by atoms with Crippen molar-refractivity contribution in [2.45, 2.75) is 65.2 Å². The van der Waals surface area contributed by atoms with Crippen molar-refractivity contribution in [1.82, 2.24) is 14.7 Å². The molecule has 2 amide bonds. The van der Waals surface area contributed by atoms with E-state index in [0.29, 0.717) is 19.5 Å². The lowest BCUT2D eigenvalue weighted by Gasteiger charge is -2.26. The first-order valence-corrected chi connectivity index (χ1v) is 9.71. The predicted molar refractivity (Wildman–Crippen MR) is 111 cm³/mol. The normalized spacial score (nSPS) is 16.6. The van der Waals surface area contributed by atoms with Crippen molar-refractivity contribution < 1.29 is 19.1 Å². The number of hydrogen-bond donors (Lipinski definition) is 0. The van der Waals surface area contributed by atoms with Gasteiger partial charge < -0.3 is 14.4 Å². The largest absolute Gasteiger partial charge is 0.444 e. The van der Waals surface area contributed by atoms with Gasteiger partial charge in [0.1, 0.15) is 22.8 Å². The van der Waals surface area contributed by atoms with Crippen LogP contribution in [0.15, 0.2) is 0 Å². The second-order valence-corrected chi connectivity index (χ2v) is 9.16. The van der Waals surface area contributed by atoms with Crippen molar-refractivity contribution >= 4 is 18.0 Å². The summed E-state index contributed by atoms with van der Waals surface area (Å²) >= 11 is 0. The molecule has 30 heavy (non-hydrogen) atoms. The third-order valence-electron chi connectivity index (χ3n) is 4.28. The molecular weight excluding hydrogens is 386 g/mol. The summed E-state index contributed by atoms with van der Waals surface area (Å²) in [5.74, 6) is 2.65. The van der Waals surface area contributed by atoms with E-state index >= 15 is 0 Å². The van der Waals surface area contributed by atoms with Gasteiger partial charge in [0.05, 0.1) is 6.04 Å². The number of nitrogens with zero attached hydrogens (tertiary/aromatic N) is 5. The van der Waals surface area contributed by atoms with Crippen LogP contribution in [0.2, 0.25) is 0 Å². The Morgan fingerprint density at radius 2 is 1.80 bits per heavy atom. The summed E-state index contributed by atoms with van der Waals surface area (Å²) in [5, 5.41) is 14.0. The van der Waals surface area contributed by atoms with Crippen LogP contribution in [0.1, 0.15) is 65.3 Å². The standard InChI is InChI=1S/C21H29N5O4/c1-9-16-15(12-22)17(24(8)18(27)29-20(2,3)4)26(23-16)14-10-11-25(13-14)19(28)30-21(5,6)7/h1,14H,10-11,13H2,2-8H3/t14-/m0/s1. The average Bonchev–Trinajstić information content (AvgIpc) is 3.22. The van der Waals surface area contributed by atoms with Gasteiger partial charge in [0.15, 0.2) is 11.5 Å². The minimum Gasteiger partial charge on any atom is -0.444 e. The van der Waals surface area contributed by atoms with Gasteiger partial charge in [-0.25, -0.2) is 14.3 Å². The molecule has 1 saturated heterocycles. The summed E-state index contributed by atoms with van der Waals surface area (Å²) in [6.07, 6.45) is 5.06. The Balaban J connectivity index is 2.36. The Morgan fingerprint density at radius 1 is 1.20 bits per heavy atom. The van der Waals surface area contributed by atoms with Crippen LogP contribution in [0.5, 0.6) is 0 Å². The molecule has 1 aromatic rings. The van der Waals surface area contributed by atoms with Crippen LogP contribution in [-0.2, 0) is 9.47 Å². The summed E-state index contributed by atoms with van der Waals surface area (Å²) < 4.78 is 12.4. The number of aromatic nitrogens is 2. The average molecular weight is 415 g/mol. The van der Waals surface area contributed by atoms with Gasteiger partial charge in [-0.05, 0) is 53.9 Å². The second kappa shape index (κ2) is 8.27. The third-order valence-corrected chi connectivity index (χ3v) is 4.28. The molecule has 1 aliphatic heterocycles. The van der Waals surface area contributed by atoms with Gasteiger partial charge in [-0.15, -0.1) is 6.42 Å². The second-order valence-electron chi connectivity index (χ2n) is 9.16. The molecule has 1 aromatic heterocycles. The Hall–Kier alpha value is -3.20. The fourth-order valence-electron chi connectivity index (χ4n) is 3.06. The van der Waals surface area contributed by atoms with Gasteiger partial charge >= 0.3 is 12.2 Å². The third kappa shape index (κ3) is 5.24. The molecule has 162 valence electrons. The molecule has 0 spiro atoms. The monoisotopic (exact) mass is 415 g/mol. The van der Waals surface area contributed by atoms with Gasteiger partial charge in [-0.2, -0.15) is 10.4 Å². The van der Waals surface area contributed by atoms with Crippen molar-refractivity contribution in [3.63, 3.8) is 0 Å². The summed E-state index contributed by atoms with van der Waals surface area (Å²) in [5.41, 5.74) is -1.06. The van der Waals surface area contributed by atoms with E-state index in [1.165, 1.54) is 11.9 Å². The Labute approximate surface area is 177 Å². The zero-order valence-corrected chi connectivity index (χ0v) is 18.6. The van der Waals surface area contributed by atoms with E-state index in [4.69, 9.17) is 15.9 Å². The molecule has 2 rings (SSSR count). The quantitative estimate of drug-likeness (QED) is 0.687. The summed E-state index contributed by atoms with van der Waals surface area (Å²) in [7, 11) is 1.50. The number of nitriles is 1. The number of terminal acetylenes is 1. The number of anilines is 1. The highest BCUT2D eigenvalue weighted by atomic mass is 16.6. The maximum atomic E-state index is 12.6. The molecule has 0 radical (unpaired) electrons. The first-order chi connectivity index (χ1) is 13.8. The Morgan fingerprint density at radius 3 is 2.30 bits per heavy atom. The maximum absolute atomic E-state index is 12.6. The van der Waals surface area contributed by atoms with Crippen LogP contribution in [0, 0.1) is 23.7 Å². The highest BCUT2D eigenvalue weighted by Crippen LogP contribution is 2.32. The van der Waals surface area contributed by atoms with E-state index in [1.807, 2.05) is 6.07 Å². The number of rotatable bonds is 2. The first-order valence-electron chi connectivity index (χ1n) is 9.71. The van der Waals surface area contributed by atoms with Crippen LogP contribution in [-0.4, -0.2) is 58.2 Å². The highest BCUT2D eigenvalue weighted by Gasteiger charge is 2.35. The van der Waals surface area contributed by atoms with E-state index in [9.17, 15) is 14.9 Å². The zero-order chi connectivity index (χ0) is 22.9. The number of carbonyl (C=O) groups is 2. The van der Waals surface area contributed by atoms with E-state index in [1.54, 1.807) is 51.1 Å². The van der Waals surface area contributed by atoms with Gasteiger partial charge in [-0.1, -0.05) is 0 Å². The van der Waals surface area contributed by atoms with Crippen LogP contribution >= 0.6 is 0 Å². The summed E-state index contributed by atoms with van der Waals surface area (Å²) in [6.45, 7) is 11.5. The molecule has 0 unspecified atom stereocenters. The number of amides is 2. The topological polar surface area (TPSA) is 101 Å². The lowest BCUT2D eigenvalue weighted by atomic mass is 10.2. The van der Waals surface area contributed by atoms with Gasteiger partial charge in [0.2, 0.25) is 0 Å². The van der Waals surface area contributed by atoms with Crippen molar-refractivity contribution in [1.29, 1.82) is 5.26 Å². The smallest absolute Gasteiger partial charge is 0.415 e. The van der Waals surface area contributed by atoms with Crippen molar-refractivity contribution in [3.05, 3.63) is 11.3 Å². The van der Waals surface area contributed by atoms with Gasteiger partial charge in [0, 0.05) is 20.1 Å². The molecule has 0 N–H and O–H groups in total. The molecule has 0 saturated carbocycles. The van der Waals surface area contributed by atoms with Crippen molar-refractivity contribution in [2.24, 2.45) is 0 Å². The molecule has 1 aliphatic rings. The van der Waals surface area contributed by atoms with Crippen LogP contribution in [0.3, 0.4) is 0 Å². The van der Waals surface area contributed by atoms with Crippen molar-refractivity contribution in [2.75, 3.05) is 25.0 Å². The van der Waals surface area contributed by atoms with Crippen LogP contribution in [0.25, 0.3) is 0 Å². The molecular formula is C21H29N5O4. The first kappa shape index (κ1) is 23.1. The lowest BCUT2D eigenvalue weighted by Crippen LogP contribution is -2.37. The highest BCUT2D eigenvalue weighted by molar-refractivity contribution is 5.88. The molecule has 1 fully saturated rings. The predicted octanol–water partition coefficient (Wildman–Crippen LogP) is 3.29. The van der Waals surface area contributed by atoms with Crippen LogP contribution in [0.4, 0.5) is 15.4 Å². The number of carbonyl (C=O) groups excluding carboxylic acids is 2. The molecule has 9 nitrogen and oxygen atoms in total. The molecule has 2 heterocycles. The van der Waals surface area contributed by atoms with Gasteiger partial charge in [-0.3, -0.25) is 4.90 Å². The summed E-state index contributed by atoms with van der Waals surface area (Å²) in [4.78, 5) is 27.9. The molecule has 9 heteroatoms. The maximum Gasteiger partial charge on any atom is 0.415 e. The fraction of sp³-hybridized carbons (Fsp3) is 0.619. The molecule has 1 atom stereocenters. The zero-order valence-electron chi connectivity index (χ0n) is 18.6. The fourth-order valence-corrected chi connectivity index (χ4v) is 3.06. The number of ether oxygens (including phenoxy) is 2. The minimum absolute atomic E-state index is 0.113. The van der Waals surface area contributed by atoms with E-state index < -0.39 is 23.4 Å². The molecule has 0 aromatic carbocycles. The van der Waals surface area contributed by atoms with E-state index in [-0.39, 0.29) is 23.1 Å². The summed E-state index contributed by atoms with van der Waals surface area (Å²) in [6, 6.07) is 1.77. The Bertz CT molecular complexity index is 908. The minimum atomic E-state index is -0.710. The van der Waals surface area contributed by atoms with Crippen molar-refractivity contribution in [3.8, 4) is 18.4 Å². The van der Waals surface area contributed by atoms with Gasteiger partial charge in [0.25, 0.3) is 0 Å². The number of likely N-dealkylation sites (tertiary alicyclic amines) is 1. The molecule has 0 aliphatic carbocycles.